The molecule has 1 fully saturated rings. The normalized spacial score (nSPS) is 16.9. The van der Waals surface area contributed by atoms with E-state index < -0.39 is 12.0 Å². The summed E-state index contributed by atoms with van der Waals surface area (Å²) in [6, 6.07) is 21.1. The first-order valence-electron chi connectivity index (χ1n) is 10.2. The van der Waals surface area contributed by atoms with Crippen LogP contribution in [0.1, 0.15) is 17.5 Å². The highest BCUT2D eigenvalue weighted by Gasteiger charge is 2.40. The Labute approximate surface area is 189 Å². The van der Waals surface area contributed by atoms with Crippen molar-refractivity contribution in [1.82, 2.24) is 4.90 Å². The third-order valence-electron chi connectivity index (χ3n) is 5.67. The van der Waals surface area contributed by atoms with E-state index in [0.717, 1.165) is 32.7 Å². The van der Waals surface area contributed by atoms with Gasteiger partial charge in [0.05, 0.1) is 6.04 Å². The maximum absolute atomic E-state index is 13.4. The van der Waals surface area contributed by atoms with Gasteiger partial charge in [-0.15, -0.1) is 0 Å². The molecule has 1 heterocycles. The molecule has 0 bridgehead atoms. The molecule has 3 aromatic rings. The molecular weight excluding hydrogens is 458 g/mol. The van der Waals surface area contributed by atoms with Crippen molar-refractivity contribution >= 4 is 45.0 Å². The zero-order valence-corrected chi connectivity index (χ0v) is 18.5. The van der Waals surface area contributed by atoms with E-state index >= 15 is 0 Å². The van der Waals surface area contributed by atoms with Crippen LogP contribution in [0.15, 0.2) is 71.2 Å². The minimum absolute atomic E-state index is 0.0467. The molecule has 4 rings (SSSR count). The maximum Gasteiger partial charge on any atom is 0.416 e. The molecular formula is C25H22BrNO4. The van der Waals surface area contributed by atoms with Gasteiger partial charge in [-0.3, -0.25) is 4.79 Å². The Balaban J connectivity index is 1.60. The Morgan fingerprint density at radius 1 is 1.06 bits per heavy atom. The number of carbonyl (C=O) groups is 3. The van der Waals surface area contributed by atoms with Gasteiger partial charge in [-0.25, -0.2) is 9.69 Å². The molecule has 0 radical (unpaired) electrons. The summed E-state index contributed by atoms with van der Waals surface area (Å²) in [5, 5.41) is 2.06. The highest BCUT2D eigenvalue weighted by molar-refractivity contribution is 9.10. The van der Waals surface area contributed by atoms with E-state index in [2.05, 4.69) is 15.9 Å². The predicted molar refractivity (Wildman–Crippen MR) is 122 cm³/mol. The van der Waals surface area contributed by atoms with Gasteiger partial charge >= 0.3 is 6.09 Å². The van der Waals surface area contributed by atoms with Crippen molar-refractivity contribution in [3.8, 4) is 0 Å². The first-order chi connectivity index (χ1) is 15.1. The number of aldehydes is 1. The van der Waals surface area contributed by atoms with E-state index in [1.807, 2.05) is 66.7 Å². The van der Waals surface area contributed by atoms with Gasteiger partial charge in [0, 0.05) is 16.8 Å². The standard InChI is InChI=1S/C25H22BrNO4/c26-23-11-10-18(21-8-4-5-9-22(21)23)15-19(12-13-28)24(29)27-20(16-31-25(27)30)14-17-6-2-1-3-7-17/h1-11,13,19-20H,12,14-16H2. The van der Waals surface area contributed by atoms with Gasteiger partial charge in [0.25, 0.3) is 0 Å². The minimum atomic E-state index is -0.637. The second-order valence-corrected chi connectivity index (χ2v) is 8.54. The fourth-order valence-corrected chi connectivity index (χ4v) is 4.60. The molecule has 1 saturated heterocycles. The lowest BCUT2D eigenvalue weighted by Crippen LogP contribution is -2.44. The Hall–Kier alpha value is -2.99. The van der Waals surface area contributed by atoms with Crippen molar-refractivity contribution in [3.63, 3.8) is 0 Å². The Morgan fingerprint density at radius 3 is 2.52 bits per heavy atom. The van der Waals surface area contributed by atoms with Crippen molar-refractivity contribution < 1.29 is 19.1 Å². The van der Waals surface area contributed by atoms with Gasteiger partial charge in [-0.2, -0.15) is 0 Å². The molecule has 158 valence electrons. The van der Waals surface area contributed by atoms with Crippen molar-refractivity contribution in [2.45, 2.75) is 25.3 Å². The molecule has 0 N–H and O–H groups in total. The van der Waals surface area contributed by atoms with E-state index in [4.69, 9.17) is 4.74 Å². The molecule has 1 aliphatic rings. The van der Waals surface area contributed by atoms with Gasteiger partial charge in [-0.05, 0) is 40.8 Å². The average molecular weight is 480 g/mol. The number of imide groups is 1. The number of carbonyl (C=O) groups excluding carboxylic acids is 3. The van der Waals surface area contributed by atoms with Gasteiger partial charge in [-0.1, -0.05) is 76.6 Å². The first kappa shape index (κ1) is 21.2. The number of fused-ring (bicyclic) bond motifs is 1. The Morgan fingerprint density at radius 2 is 1.77 bits per heavy atom. The van der Waals surface area contributed by atoms with Crippen LogP contribution >= 0.6 is 15.9 Å². The molecule has 2 atom stereocenters. The lowest BCUT2D eigenvalue weighted by Gasteiger charge is -2.24. The van der Waals surface area contributed by atoms with Crippen molar-refractivity contribution in [2.24, 2.45) is 5.92 Å². The molecule has 5 nitrogen and oxygen atoms in total. The van der Waals surface area contributed by atoms with E-state index in [1.165, 1.54) is 4.90 Å². The van der Waals surface area contributed by atoms with Gasteiger partial charge in [0.2, 0.25) is 5.91 Å². The number of rotatable bonds is 7. The minimum Gasteiger partial charge on any atom is -0.447 e. The highest BCUT2D eigenvalue weighted by Crippen LogP contribution is 2.30. The van der Waals surface area contributed by atoms with Crippen molar-refractivity contribution in [2.75, 3.05) is 6.61 Å². The monoisotopic (exact) mass is 479 g/mol. The number of ether oxygens (including phenoxy) is 1. The van der Waals surface area contributed by atoms with Crippen LogP contribution in [0.2, 0.25) is 0 Å². The lowest BCUT2D eigenvalue weighted by molar-refractivity contribution is -0.134. The summed E-state index contributed by atoms with van der Waals surface area (Å²) in [5.74, 6) is -0.992. The zero-order valence-electron chi connectivity index (χ0n) is 16.9. The number of benzene rings is 3. The topological polar surface area (TPSA) is 63.7 Å². The molecule has 0 aliphatic carbocycles. The maximum atomic E-state index is 13.4. The van der Waals surface area contributed by atoms with Gasteiger partial charge in [0.15, 0.2) is 0 Å². The van der Waals surface area contributed by atoms with Crippen molar-refractivity contribution in [3.05, 3.63) is 82.3 Å². The Kier molecular flexibility index (Phi) is 6.47. The highest BCUT2D eigenvalue weighted by atomic mass is 79.9. The van der Waals surface area contributed by atoms with Crippen LogP contribution in [0.4, 0.5) is 4.79 Å². The molecule has 2 amide bonds. The second-order valence-electron chi connectivity index (χ2n) is 7.68. The largest absolute Gasteiger partial charge is 0.447 e. The van der Waals surface area contributed by atoms with E-state index in [9.17, 15) is 14.4 Å². The quantitative estimate of drug-likeness (QED) is 0.450. The summed E-state index contributed by atoms with van der Waals surface area (Å²) in [5.41, 5.74) is 1.99. The molecule has 0 spiro atoms. The Bertz CT molecular complexity index is 1110. The van der Waals surface area contributed by atoms with Crippen LogP contribution in [0.5, 0.6) is 0 Å². The summed E-state index contributed by atoms with van der Waals surface area (Å²) in [7, 11) is 0. The smallest absolute Gasteiger partial charge is 0.416 e. The summed E-state index contributed by atoms with van der Waals surface area (Å²) in [6.07, 6.45) is 1.05. The van der Waals surface area contributed by atoms with E-state index in [1.54, 1.807) is 0 Å². The first-order valence-corrected chi connectivity index (χ1v) is 11.0. The number of nitrogens with zero attached hydrogens (tertiary/aromatic N) is 1. The summed E-state index contributed by atoms with van der Waals surface area (Å²) in [4.78, 5) is 38.4. The zero-order chi connectivity index (χ0) is 21.8. The number of cyclic esters (lactones) is 1. The summed E-state index contributed by atoms with van der Waals surface area (Å²) in [6.45, 7) is 0.161. The third-order valence-corrected chi connectivity index (χ3v) is 6.36. The van der Waals surface area contributed by atoms with Crippen LogP contribution in [-0.2, 0) is 27.2 Å². The average Bonchev–Trinajstić information content (AvgIpc) is 3.15. The molecule has 6 heteroatoms. The fourth-order valence-electron chi connectivity index (χ4n) is 4.12. The molecule has 0 saturated carbocycles. The number of hydrogen-bond acceptors (Lipinski definition) is 4. The molecule has 31 heavy (non-hydrogen) atoms. The van der Waals surface area contributed by atoms with Crippen LogP contribution in [0.3, 0.4) is 0 Å². The van der Waals surface area contributed by atoms with Gasteiger partial charge < -0.3 is 9.53 Å². The van der Waals surface area contributed by atoms with Crippen molar-refractivity contribution in [1.29, 1.82) is 0 Å². The lowest BCUT2D eigenvalue weighted by atomic mass is 9.91. The fraction of sp³-hybridized carbons (Fsp3) is 0.240. The third kappa shape index (κ3) is 4.54. The van der Waals surface area contributed by atoms with Crippen LogP contribution in [0.25, 0.3) is 10.8 Å². The molecule has 0 aromatic heterocycles. The predicted octanol–water partition coefficient (Wildman–Crippen LogP) is 4.94. The van der Waals surface area contributed by atoms with E-state index in [0.29, 0.717) is 12.8 Å². The SMILES string of the molecule is O=CCC(Cc1ccc(Br)c2ccccc12)C(=O)N1C(=O)OCC1Cc1ccccc1. The molecule has 3 aromatic carbocycles. The van der Waals surface area contributed by atoms with Crippen LogP contribution in [-0.4, -0.2) is 35.8 Å². The number of hydrogen-bond donors (Lipinski definition) is 0. The number of amides is 2. The second kappa shape index (κ2) is 9.43. The van der Waals surface area contributed by atoms with Crippen LogP contribution < -0.4 is 0 Å². The molecule has 1 aliphatic heterocycles. The van der Waals surface area contributed by atoms with Crippen LogP contribution in [0, 0.1) is 5.92 Å². The van der Waals surface area contributed by atoms with E-state index in [-0.39, 0.29) is 25.0 Å². The molecule has 2 unspecified atom stereocenters. The number of halogens is 1. The summed E-state index contributed by atoms with van der Waals surface area (Å²) >= 11 is 3.57. The summed E-state index contributed by atoms with van der Waals surface area (Å²) < 4.78 is 6.18. The van der Waals surface area contributed by atoms with Gasteiger partial charge in [0.1, 0.15) is 12.9 Å².